The number of rotatable bonds is 13. The molecule has 0 saturated heterocycles. The monoisotopic (exact) mass is 318 g/mol. The van der Waals surface area contributed by atoms with Gasteiger partial charge in [-0.3, -0.25) is 4.79 Å². The van der Waals surface area contributed by atoms with Gasteiger partial charge in [-0.25, -0.2) is 0 Å². The van der Waals surface area contributed by atoms with Crippen LogP contribution in [0.3, 0.4) is 0 Å². The van der Waals surface area contributed by atoms with Gasteiger partial charge >= 0.3 is 0 Å². The highest BCUT2D eigenvalue weighted by Crippen LogP contribution is 2.11. The van der Waals surface area contributed by atoms with Crippen molar-refractivity contribution in [3.05, 3.63) is 29.8 Å². The van der Waals surface area contributed by atoms with Gasteiger partial charge in [0.1, 0.15) is 0 Å². The second-order valence-electron chi connectivity index (χ2n) is 6.41. The molecule has 0 unspecified atom stereocenters. The molecule has 3 nitrogen and oxygen atoms in total. The lowest BCUT2D eigenvalue weighted by Crippen LogP contribution is -2.24. The lowest BCUT2D eigenvalue weighted by Gasteiger charge is -2.06. The Hall–Kier alpha value is -1.51. The van der Waals surface area contributed by atoms with Gasteiger partial charge in [0.25, 0.3) is 5.91 Å². The summed E-state index contributed by atoms with van der Waals surface area (Å²) in [6.07, 6.45) is 14.6. The van der Waals surface area contributed by atoms with E-state index in [2.05, 4.69) is 12.2 Å². The first kappa shape index (κ1) is 19.5. The summed E-state index contributed by atoms with van der Waals surface area (Å²) in [6.45, 7) is 3.03. The minimum Gasteiger partial charge on any atom is -0.399 e. The van der Waals surface area contributed by atoms with E-state index in [1.807, 2.05) is 0 Å². The third-order valence-electron chi connectivity index (χ3n) is 4.24. The highest BCUT2D eigenvalue weighted by atomic mass is 16.1. The van der Waals surface area contributed by atoms with Crippen LogP contribution in [-0.2, 0) is 0 Å². The van der Waals surface area contributed by atoms with Crippen LogP contribution in [0.15, 0.2) is 24.3 Å². The van der Waals surface area contributed by atoms with Gasteiger partial charge in [-0.15, -0.1) is 0 Å². The molecule has 0 spiro atoms. The number of amides is 1. The van der Waals surface area contributed by atoms with E-state index in [0.29, 0.717) is 11.3 Å². The molecule has 0 bridgehead atoms. The molecule has 0 aromatic heterocycles. The highest BCUT2D eigenvalue weighted by Gasteiger charge is 2.03. The van der Waals surface area contributed by atoms with Gasteiger partial charge in [0.05, 0.1) is 0 Å². The molecule has 0 radical (unpaired) electrons. The number of carbonyl (C=O) groups is 1. The van der Waals surface area contributed by atoms with E-state index in [4.69, 9.17) is 5.73 Å². The molecule has 1 aromatic rings. The zero-order chi connectivity index (χ0) is 16.8. The minimum atomic E-state index is -0.00270. The quantitative estimate of drug-likeness (QED) is 0.382. The molecule has 1 amide bonds. The number of benzene rings is 1. The van der Waals surface area contributed by atoms with Gasteiger partial charge < -0.3 is 11.1 Å². The van der Waals surface area contributed by atoms with E-state index in [9.17, 15) is 4.79 Å². The first-order valence-corrected chi connectivity index (χ1v) is 9.37. The van der Waals surface area contributed by atoms with Crippen molar-refractivity contribution in [1.82, 2.24) is 5.32 Å². The van der Waals surface area contributed by atoms with Gasteiger partial charge in [0.15, 0.2) is 0 Å². The first-order valence-electron chi connectivity index (χ1n) is 9.37. The van der Waals surface area contributed by atoms with E-state index in [-0.39, 0.29) is 5.91 Å². The maximum Gasteiger partial charge on any atom is 0.251 e. The lowest BCUT2D eigenvalue weighted by molar-refractivity contribution is 0.0953. The molecule has 130 valence electrons. The second-order valence-corrected chi connectivity index (χ2v) is 6.41. The molecule has 3 N–H and O–H groups in total. The predicted molar refractivity (Wildman–Crippen MR) is 99.6 cm³/mol. The third-order valence-corrected chi connectivity index (χ3v) is 4.24. The number of unbranched alkanes of at least 4 members (excludes halogenated alkanes) is 10. The summed E-state index contributed by atoms with van der Waals surface area (Å²) in [5, 5.41) is 2.97. The number of nitrogens with one attached hydrogen (secondary N) is 1. The van der Waals surface area contributed by atoms with Crippen LogP contribution in [0.5, 0.6) is 0 Å². The SMILES string of the molecule is CCCCCCCCCCCCCNC(=O)c1ccc(N)cc1. The summed E-state index contributed by atoms with van der Waals surface area (Å²) in [7, 11) is 0. The van der Waals surface area contributed by atoms with Crippen molar-refractivity contribution < 1.29 is 4.79 Å². The van der Waals surface area contributed by atoms with Gasteiger partial charge in [-0.1, -0.05) is 71.1 Å². The molecule has 0 saturated carbocycles. The molecule has 0 aliphatic carbocycles. The number of hydrogen-bond acceptors (Lipinski definition) is 2. The van der Waals surface area contributed by atoms with Crippen molar-refractivity contribution in [2.24, 2.45) is 0 Å². The van der Waals surface area contributed by atoms with Crippen molar-refractivity contribution in [1.29, 1.82) is 0 Å². The number of nitrogens with two attached hydrogens (primary N) is 1. The van der Waals surface area contributed by atoms with Crippen molar-refractivity contribution in [3.8, 4) is 0 Å². The van der Waals surface area contributed by atoms with Gasteiger partial charge in [0, 0.05) is 17.8 Å². The van der Waals surface area contributed by atoms with Crippen LogP contribution in [0.4, 0.5) is 5.69 Å². The molecule has 3 heteroatoms. The van der Waals surface area contributed by atoms with E-state index in [0.717, 1.165) is 13.0 Å². The molecule has 1 rings (SSSR count). The van der Waals surface area contributed by atoms with Crippen LogP contribution in [-0.4, -0.2) is 12.5 Å². The Bertz CT molecular complexity index is 414. The maximum absolute atomic E-state index is 11.9. The predicted octanol–water partition coefficient (Wildman–Crippen LogP) is 5.31. The van der Waals surface area contributed by atoms with Crippen molar-refractivity contribution in [3.63, 3.8) is 0 Å². The Morgan fingerprint density at radius 2 is 1.30 bits per heavy atom. The molecule has 0 fully saturated rings. The second kappa shape index (κ2) is 13.0. The van der Waals surface area contributed by atoms with E-state index < -0.39 is 0 Å². The summed E-state index contributed by atoms with van der Waals surface area (Å²) >= 11 is 0. The minimum absolute atomic E-state index is 0.00270. The smallest absolute Gasteiger partial charge is 0.251 e. The maximum atomic E-state index is 11.9. The van der Waals surface area contributed by atoms with Crippen LogP contribution in [0.1, 0.15) is 87.9 Å². The van der Waals surface area contributed by atoms with Crippen molar-refractivity contribution in [2.45, 2.75) is 77.6 Å². The van der Waals surface area contributed by atoms with E-state index >= 15 is 0 Å². The zero-order valence-electron chi connectivity index (χ0n) is 14.8. The molecule has 0 atom stereocenters. The molecule has 1 aromatic carbocycles. The Labute approximate surface area is 142 Å². The van der Waals surface area contributed by atoms with Crippen LogP contribution in [0.2, 0.25) is 0 Å². The van der Waals surface area contributed by atoms with E-state index in [1.165, 1.54) is 64.2 Å². The summed E-state index contributed by atoms with van der Waals surface area (Å²) in [5.74, 6) is -0.00270. The fourth-order valence-corrected chi connectivity index (χ4v) is 2.73. The van der Waals surface area contributed by atoms with Crippen LogP contribution in [0, 0.1) is 0 Å². The van der Waals surface area contributed by atoms with Crippen molar-refractivity contribution >= 4 is 11.6 Å². The highest BCUT2D eigenvalue weighted by molar-refractivity contribution is 5.94. The molecular weight excluding hydrogens is 284 g/mol. The Morgan fingerprint density at radius 1 is 0.826 bits per heavy atom. The molecule has 0 aliphatic rings. The topological polar surface area (TPSA) is 55.1 Å². The van der Waals surface area contributed by atoms with Crippen molar-refractivity contribution in [2.75, 3.05) is 12.3 Å². The zero-order valence-corrected chi connectivity index (χ0v) is 14.8. The lowest BCUT2D eigenvalue weighted by atomic mass is 10.1. The third kappa shape index (κ3) is 9.98. The fourth-order valence-electron chi connectivity index (χ4n) is 2.73. The average Bonchev–Trinajstić information content (AvgIpc) is 2.56. The standard InChI is InChI=1S/C20H34N2O/c1-2-3-4-5-6-7-8-9-10-11-12-17-22-20(23)18-13-15-19(21)16-14-18/h13-16H,2-12,17,21H2,1H3,(H,22,23). The normalized spacial score (nSPS) is 10.7. The first-order chi connectivity index (χ1) is 11.2. The summed E-state index contributed by atoms with van der Waals surface area (Å²) < 4.78 is 0. The Morgan fingerprint density at radius 3 is 1.83 bits per heavy atom. The van der Waals surface area contributed by atoms with Gasteiger partial charge in [-0.05, 0) is 30.7 Å². The largest absolute Gasteiger partial charge is 0.399 e. The number of anilines is 1. The number of carbonyl (C=O) groups excluding carboxylic acids is 1. The summed E-state index contributed by atoms with van der Waals surface area (Å²) in [6, 6.07) is 7.06. The van der Waals surface area contributed by atoms with Crippen LogP contribution in [0.25, 0.3) is 0 Å². The Kier molecular flexibility index (Phi) is 11.0. The van der Waals surface area contributed by atoms with Crippen LogP contribution < -0.4 is 11.1 Å². The van der Waals surface area contributed by atoms with Crippen LogP contribution >= 0.6 is 0 Å². The fraction of sp³-hybridized carbons (Fsp3) is 0.650. The number of nitrogen functional groups attached to an aromatic ring is 1. The number of hydrogen-bond donors (Lipinski definition) is 2. The van der Waals surface area contributed by atoms with Gasteiger partial charge in [-0.2, -0.15) is 0 Å². The molecule has 0 heterocycles. The van der Waals surface area contributed by atoms with E-state index in [1.54, 1.807) is 24.3 Å². The Balaban J connectivity index is 1.89. The molecular formula is C20H34N2O. The summed E-state index contributed by atoms with van der Waals surface area (Å²) in [4.78, 5) is 11.9. The molecule has 0 aliphatic heterocycles. The van der Waals surface area contributed by atoms with Gasteiger partial charge in [0.2, 0.25) is 0 Å². The molecule has 23 heavy (non-hydrogen) atoms. The summed E-state index contributed by atoms with van der Waals surface area (Å²) in [5.41, 5.74) is 6.98. The average molecular weight is 319 g/mol.